The molecule has 2 rings (SSSR count). The van der Waals surface area contributed by atoms with Crippen molar-refractivity contribution in [2.75, 3.05) is 14.1 Å². The second-order valence-corrected chi connectivity index (χ2v) is 5.20. The number of nitrogens with one attached hydrogen (secondary N) is 1. The van der Waals surface area contributed by atoms with Crippen molar-refractivity contribution < 1.29 is 4.79 Å². The van der Waals surface area contributed by atoms with Gasteiger partial charge in [0.05, 0.1) is 5.69 Å². The molecule has 1 heterocycles. The summed E-state index contributed by atoms with van der Waals surface area (Å²) in [5.74, 6) is -0.165. The number of H-pyrrole nitrogens is 1. The monoisotopic (exact) mass is 302 g/mol. The molecule has 1 aromatic heterocycles. The zero-order chi connectivity index (χ0) is 15.4. The van der Waals surface area contributed by atoms with Gasteiger partial charge in [0.2, 0.25) is 5.56 Å². The van der Waals surface area contributed by atoms with Crippen LogP contribution in [0.4, 0.5) is 0 Å². The fourth-order valence-corrected chi connectivity index (χ4v) is 1.93. The maximum absolute atomic E-state index is 12.5. The molecule has 0 aliphatic rings. The third kappa shape index (κ3) is 3.83. The lowest BCUT2D eigenvalue weighted by Crippen LogP contribution is -2.12. The zero-order valence-electron chi connectivity index (χ0n) is 11.8. The van der Waals surface area contributed by atoms with Crippen LogP contribution in [-0.2, 0) is 0 Å². The van der Waals surface area contributed by atoms with Gasteiger partial charge in [0.15, 0.2) is 5.78 Å². The van der Waals surface area contributed by atoms with Crippen LogP contribution in [0, 0.1) is 0 Å². The van der Waals surface area contributed by atoms with E-state index in [2.05, 4.69) is 4.98 Å². The Kier molecular flexibility index (Phi) is 4.60. The molecular weight excluding hydrogens is 288 g/mol. The molecule has 0 fully saturated rings. The Bertz CT molecular complexity index is 731. The quantitative estimate of drug-likeness (QED) is 0.884. The van der Waals surface area contributed by atoms with Crippen molar-refractivity contribution in [2.24, 2.45) is 0 Å². The van der Waals surface area contributed by atoms with Crippen LogP contribution in [0.3, 0.4) is 0 Å². The van der Waals surface area contributed by atoms with Gasteiger partial charge < -0.3 is 9.88 Å². The summed E-state index contributed by atoms with van der Waals surface area (Å²) in [4.78, 5) is 28.5. The Labute approximate surface area is 127 Å². The van der Waals surface area contributed by atoms with Gasteiger partial charge >= 0.3 is 0 Å². The third-order valence-electron chi connectivity index (χ3n) is 2.84. The molecule has 0 aliphatic carbocycles. The number of carbonyl (C=O) groups excluding carboxylic acids is 1. The summed E-state index contributed by atoms with van der Waals surface area (Å²) in [6, 6.07) is 9.53. The molecule has 5 heteroatoms. The van der Waals surface area contributed by atoms with Crippen molar-refractivity contribution in [1.82, 2.24) is 9.88 Å². The van der Waals surface area contributed by atoms with Gasteiger partial charge in [0.1, 0.15) is 0 Å². The first-order valence-corrected chi connectivity index (χ1v) is 6.73. The molecule has 0 unspecified atom stereocenters. The first-order valence-electron chi connectivity index (χ1n) is 6.35. The van der Waals surface area contributed by atoms with Gasteiger partial charge in [0.25, 0.3) is 0 Å². The Morgan fingerprint density at radius 2 is 1.81 bits per heavy atom. The van der Waals surface area contributed by atoms with Crippen molar-refractivity contribution in [3.63, 3.8) is 0 Å². The molecule has 0 spiro atoms. The second kappa shape index (κ2) is 6.41. The number of nitrogens with zero attached hydrogens (tertiary/aromatic N) is 1. The number of hydrogen-bond acceptors (Lipinski definition) is 3. The highest BCUT2D eigenvalue weighted by atomic mass is 35.5. The van der Waals surface area contributed by atoms with E-state index in [9.17, 15) is 9.59 Å². The minimum atomic E-state index is -0.249. The Balaban J connectivity index is 2.45. The van der Waals surface area contributed by atoms with E-state index in [4.69, 9.17) is 11.6 Å². The van der Waals surface area contributed by atoms with Gasteiger partial charge in [-0.1, -0.05) is 11.6 Å². The maximum atomic E-state index is 12.5. The lowest BCUT2D eigenvalue weighted by atomic mass is 10.0. The van der Waals surface area contributed by atoms with E-state index in [0.717, 1.165) is 0 Å². The van der Waals surface area contributed by atoms with Crippen LogP contribution in [0.2, 0.25) is 5.02 Å². The van der Waals surface area contributed by atoms with Gasteiger partial charge in [0, 0.05) is 42.5 Å². The minimum absolute atomic E-state index is 0.165. The number of pyridine rings is 1. The minimum Gasteiger partial charge on any atom is -0.383 e. The Hall–Kier alpha value is -2.33. The van der Waals surface area contributed by atoms with Crippen LogP contribution in [-0.4, -0.2) is 29.8 Å². The molecule has 1 aromatic carbocycles. The van der Waals surface area contributed by atoms with E-state index in [-0.39, 0.29) is 11.3 Å². The summed E-state index contributed by atoms with van der Waals surface area (Å²) in [6.07, 6.45) is 3.47. The Morgan fingerprint density at radius 1 is 1.14 bits per heavy atom. The SMILES string of the molecule is CN(C)C=Cc1[nH]c(=O)ccc1C(=O)c1ccc(Cl)cc1. The fourth-order valence-electron chi connectivity index (χ4n) is 1.80. The van der Waals surface area contributed by atoms with Crippen molar-refractivity contribution in [3.05, 3.63) is 74.8 Å². The van der Waals surface area contributed by atoms with Gasteiger partial charge in [-0.2, -0.15) is 0 Å². The molecule has 0 bridgehead atoms. The van der Waals surface area contributed by atoms with Crippen LogP contribution in [0.15, 0.2) is 47.4 Å². The normalized spacial score (nSPS) is 10.8. The predicted octanol–water partition coefficient (Wildman–Crippen LogP) is 2.79. The van der Waals surface area contributed by atoms with Crippen LogP contribution in [0.5, 0.6) is 0 Å². The summed E-state index contributed by atoms with van der Waals surface area (Å²) in [7, 11) is 3.72. The molecule has 2 aromatic rings. The number of carbonyl (C=O) groups is 1. The van der Waals surface area contributed by atoms with Crippen LogP contribution < -0.4 is 5.56 Å². The number of aromatic nitrogens is 1. The van der Waals surface area contributed by atoms with Gasteiger partial charge in [-0.25, -0.2) is 0 Å². The number of hydrogen-bond donors (Lipinski definition) is 1. The zero-order valence-corrected chi connectivity index (χ0v) is 12.5. The first kappa shape index (κ1) is 15.1. The standard InChI is InChI=1S/C16H15ClN2O2/c1-19(2)10-9-14-13(7-8-15(20)18-14)16(21)11-3-5-12(17)6-4-11/h3-10H,1-2H3,(H,18,20). The average molecular weight is 303 g/mol. The fraction of sp³-hybridized carbons (Fsp3) is 0.125. The van der Waals surface area contributed by atoms with Crippen molar-refractivity contribution in [1.29, 1.82) is 0 Å². The van der Waals surface area contributed by atoms with Crippen LogP contribution in [0.1, 0.15) is 21.6 Å². The number of rotatable bonds is 4. The van der Waals surface area contributed by atoms with Gasteiger partial charge in [-0.3, -0.25) is 9.59 Å². The summed E-state index contributed by atoms with van der Waals surface area (Å²) in [5.41, 5.74) is 1.19. The largest absolute Gasteiger partial charge is 0.383 e. The number of aromatic amines is 1. The molecule has 21 heavy (non-hydrogen) atoms. The molecule has 0 amide bonds. The van der Waals surface area contributed by atoms with Crippen LogP contribution in [0.25, 0.3) is 6.08 Å². The third-order valence-corrected chi connectivity index (χ3v) is 3.09. The predicted molar refractivity (Wildman–Crippen MR) is 84.7 cm³/mol. The van der Waals surface area contributed by atoms with Crippen LogP contribution >= 0.6 is 11.6 Å². The lowest BCUT2D eigenvalue weighted by molar-refractivity contribution is 0.103. The molecule has 0 radical (unpaired) electrons. The smallest absolute Gasteiger partial charge is 0.248 e. The molecule has 0 saturated heterocycles. The number of halogens is 1. The molecule has 0 saturated carbocycles. The topological polar surface area (TPSA) is 53.2 Å². The molecular formula is C16H15ClN2O2. The van der Waals surface area contributed by atoms with E-state index in [0.29, 0.717) is 21.8 Å². The molecule has 108 valence electrons. The van der Waals surface area contributed by atoms with E-state index < -0.39 is 0 Å². The highest BCUT2D eigenvalue weighted by Crippen LogP contribution is 2.16. The van der Waals surface area contributed by atoms with E-state index in [1.54, 1.807) is 36.5 Å². The summed E-state index contributed by atoms with van der Waals surface area (Å²) in [6.45, 7) is 0. The summed E-state index contributed by atoms with van der Waals surface area (Å²) < 4.78 is 0. The van der Waals surface area contributed by atoms with Crippen molar-refractivity contribution in [2.45, 2.75) is 0 Å². The Morgan fingerprint density at radius 3 is 2.43 bits per heavy atom. The molecule has 1 N–H and O–H groups in total. The average Bonchev–Trinajstić information content (AvgIpc) is 2.45. The highest BCUT2D eigenvalue weighted by Gasteiger charge is 2.13. The second-order valence-electron chi connectivity index (χ2n) is 4.77. The van der Waals surface area contributed by atoms with Crippen molar-refractivity contribution >= 4 is 23.5 Å². The lowest BCUT2D eigenvalue weighted by Gasteiger charge is -2.07. The van der Waals surface area contributed by atoms with E-state index in [1.807, 2.05) is 19.0 Å². The van der Waals surface area contributed by atoms with Gasteiger partial charge in [-0.15, -0.1) is 0 Å². The summed E-state index contributed by atoms with van der Waals surface area (Å²) >= 11 is 5.82. The molecule has 4 nitrogen and oxygen atoms in total. The van der Waals surface area contributed by atoms with Gasteiger partial charge in [-0.05, 0) is 36.4 Å². The maximum Gasteiger partial charge on any atom is 0.248 e. The van der Waals surface area contributed by atoms with E-state index in [1.165, 1.54) is 12.1 Å². The number of benzene rings is 1. The molecule has 0 atom stereocenters. The highest BCUT2D eigenvalue weighted by molar-refractivity contribution is 6.30. The number of ketones is 1. The first-order chi connectivity index (χ1) is 9.97. The van der Waals surface area contributed by atoms with E-state index >= 15 is 0 Å². The molecule has 0 aliphatic heterocycles. The summed E-state index contributed by atoms with van der Waals surface area (Å²) in [5, 5.41) is 0.570. The van der Waals surface area contributed by atoms with Crippen molar-refractivity contribution in [3.8, 4) is 0 Å².